The number of aryl methyl sites for hydroxylation is 2. The monoisotopic (exact) mass is 297 g/mol. The molecule has 102 valence electrons. The van der Waals surface area contributed by atoms with Crippen molar-refractivity contribution in [2.24, 2.45) is 0 Å². The van der Waals surface area contributed by atoms with Crippen LogP contribution in [-0.2, 0) is 6.54 Å². The number of nitrogens with zero attached hydrogens (tertiary/aromatic N) is 2. The highest BCUT2D eigenvalue weighted by Crippen LogP contribution is 2.32. The Morgan fingerprint density at radius 2 is 1.95 bits per heavy atom. The molecule has 0 spiro atoms. The van der Waals surface area contributed by atoms with Gasteiger partial charge in [0.15, 0.2) is 0 Å². The summed E-state index contributed by atoms with van der Waals surface area (Å²) in [6, 6.07) is 3.76. The van der Waals surface area contributed by atoms with Crippen LogP contribution in [0.1, 0.15) is 23.1 Å². The molecule has 1 N–H and O–H groups in total. The first-order valence-corrected chi connectivity index (χ1v) is 7.27. The van der Waals surface area contributed by atoms with E-state index in [9.17, 15) is 0 Å². The van der Waals surface area contributed by atoms with Crippen LogP contribution in [0.2, 0.25) is 5.02 Å². The molecule has 0 atom stereocenters. The van der Waals surface area contributed by atoms with Crippen molar-refractivity contribution >= 4 is 22.9 Å². The first-order valence-electron chi connectivity index (χ1n) is 6.08. The van der Waals surface area contributed by atoms with Crippen molar-refractivity contribution in [1.29, 1.82) is 0 Å². The average Bonchev–Trinajstić information content (AvgIpc) is 2.79. The van der Waals surface area contributed by atoms with Gasteiger partial charge in [0.2, 0.25) is 0 Å². The van der Waals surface area contributed by atoms with Crippen molar-refractivity contribution in [3.63, 3.8) is 0 Å². The minimum atomic E-state index is 0.557. The van der Waals surface area contributed by atoms with Crippen molar-refractivity contribution in [2.75, 3.05) is 6.54 Å². The van der Waals surface area contributed by atoms with Gasteiger partial charge in [-0.3, -0.25) is 0 Å². The number of rotatable bonds is 5. The zero-order valence-electron chi connectivity index (χ0n) is 11.2. The second-order valence-electron chi connectivity index (χ2n) is 4.21. The van der Waals surface area contributed by atoms with Crippen LogP contribution in [0.4, 0.5) is 0 Å². The van der Waals surface area contributed by atoms with Crippen LogP contribution in [0.3, 0.4) is 0 Å². The van der Waals surface area contributed by atoms with Crippen molar-refractivity contribution in [3.05, 3.63) is 33.3 Å². The van der Waals surface area contributed by atoms with E-state index in [2.05, 4.69) is 22.4 Å². The van der Waals surface area contributed by atoms with Crippen LogP contribution >= 0.6 is 22.9 Å². The second kappa shape index (κ2) is 6.32. The number of aromatic nitrogens is 2. The van der Waals surface area contributed by atoms with E-state index in [1.807, 2.05) is 26.0 Å². The third-order valence-corrected chi connectivity index (χ3v) is 3.61. The highest BCUT2D eigenvalue weighted by molar-refractivity contribution is 7.13. The van der Waals surface area contributed by atoms with Crippen LogP contribution in [0.15, 0.2) is 12.1 Å². The van der Waals surface area contributed by atoms with Crippen LogP contribution in [0.25, 0.3) is 0 Å². The highest BCUT2D eigenvalue weighted by Gasteiger charge is 2.11. The third-order valence-electron chi connectivity index (χ3n) is 2.59. The number of halogens is 1. The maximum atomic E-state index is 6.00. The van der Waals surface area contributed by atoms with Gasteiger partial charge in [-0.25, -0.2) is 0 Å². The summed E-state index contributed by atoms with van der Waals surface area (Å²) in [5.41, 5.74) is 1.99. The van der Waals surface area contributed by atoms with Crippen molar-refractivity contribution in [2.45, 2.75) is 27.3 Å². The lowest BCUT2D eigenvalue weighted by atomic mass is 10.1. The summed E-state index contributed by atoms with van der Waals surface area (Å²) in [6.45, 7) is 7.61. The topological polar surface area (TPSA) is 47.0 Å². The van der Waals surface area contributed by atoms with Crippen LogP contribution in [-0.4, -0.2) is 16.7 Å². The van der Waals surface area contributed by atoms with Crippen LogP contribution in [0.5, 0.6) is 10.9 Å². The molecule has 19 heavy (non-hydrogen) atoms. The molecule has 0 amide bonds. The van der Waals surface area contributed by atoms with E-state index >= 15 is 0 Å². The van der Waals surface area contributed by atoms with Gasteiger partial charge in [-0.05, 0) is 43.7 Å². The van der Waals surface area contributed by atoms with Gasteiger partial charge in [-0.15, -0.1) is 5.10 Å². The molecule has 0 unspecified atom stereocenters. The van der Waals surface area contributed by atoms with E-state index < -0.39 is 0 Å². The predicted molar refractivity (Wildman–Crippen MR) is 78.3 cm³/mol. The number of benzene rings is 1. The smallest absolute Gasteiger partial charge is 0.299 e. The number of nitrogens with one attached hydrogen (secondary N) is 1. The number of ether oxygens (including phenoxy) is 1. The Morgan fingerprint density at radius 1 is 1.26 bits per heavy atom. The number of hydrogen-bond donors (Lipinski definition) is 1. The molecule has 1 aromatic heterocycles. The Labute approximate surface area is 121 Å². The zero-order valence-corrected chi connectivity index (χ0v) is 12.7. The van der Waals surface area contributed by atoms with Crippen molar-refractivity contribution < 1.29 is 4.74 Å². The maximum absolute atomic E-state index is 6.00. The molecule has 0 aliphatic heterocycles. The van der Waals surface area contributed by atoms with Gasteiger partial charge in [-0.1, -0.05) is 35.0 Å². The second-order valence-corrected chi connectivity index (χ2v) is 5.67. The van der Waals surface area contributed by atoms with Gasteiger partial charge >= 0.3 is 0 Å². The fraction of sp³-hybridized carbons (Fsp3) is 0.385. The molecular formula is C13H16ClN3OS. The molecule has 0 saturated carbocycles. The predicted octanol–water partition coefficient (Wildman–Crippen LogP) is 3.71. The summed E-state index contributed by atoms with van der Waals surface area (Å²) < 4.78 is 5.81. The quantitative estimate of drug-likeness (QED) is 0.914. The number of hydrogen-bond acceptors (Lipinski definition) is 5. The zero-order chi connectivity index (χ0) is 13.8. The van der Waals surface area contributed by atoms with Gasteiger partial charge in [0.1, 0.15) is 10.8 Å². The average molecular weight is 298 g/mol. The van der Waals surface area contributed by atoms with E-state index in [1.54, 1.807) is 0 Å². The van der Waals surface area contributed by atoms with Crippen LogP contribution < -0.4 is 10.1 Å². The van der Waals surface area contributed by atoms with E-state index in [0.717, 1.165) is 35.0 Å². The van der Waals surface area contributed by atoms with Gasteiger partial charge in [0, 0.05) is 11.6 Å². The summed E-state index contributed by atoms with van der Waals surface area (Å²) in [7, 11) is 0. The summed E-state index contributed by atoms with van der Waals surface area (Å²) in [5.74, 6) is 0.801. The molecule has 2 aromatic rings. The van der Waals surface area contributed by atoms with E-state index in [1.165, 1.54) is 11.3 Å². The van der Waals surface area contributed by atoms with E-state index in [-0.39, 0.29) is 0 Å². The van der Waals surface area contributed by atoms with Crippen molar-refractivity contribution in [3.8, 4) is 10.9 Å². The molecule has 2 rings (SSSR count). The lowest BCUT2D eigenvalue weighted by Gasteiger charge is -2.09. The largest absolute Gasteiger partial charge is 0.429 e. The standard InChI is InChI=1S/C13H16ClN3OS/c1-4-15-7-11-16-17-13(19-11)18-12-8(2)5-10(14)6-9(12)3/h5-6,15H,4,7H2,1-3H3. The summed E-state index contributed by atoms with van der Waals surface area (Å²) >= 11 is 7.45. The summed E-state index contributed by atoms with van der Waals surface area (Å²) in [6.07, 6.45) is 0. The molecule has 1 aromatic carbocycles. The molecular weight excluding hydrogens is 282 g/mol. The maximum Gasteiger partial charge on any atom is 0.299 e. The summed E-state index contributed by atoms with van der Waals surface area (Å²) in [5, 5.41) is 13.5. The molecule has 6 heteroatoms. The van der Waals surface area contributed by atoms with E-state index in [0.29, 0.717) is 10.2 Å². The molecule has 0 fully saturated rings. The van der Waals surface area contributed by atoms with Gasteiger partial charge in [-0.2, -0.15) is 0 Å². The molecule has 0 saturated heterocycles. The fourth-order valence-electron chi connectivity index (χ4n) is 1.73. The molecule has 4 nitrogen and oxygen atoms in total. The van der Waals surface area contributed by atoms with E-state index in [4.69, 9.17) is 16.3 Å². The SMILES string of the molecule is CCNCc1nnc(Oc2c(C)cc(Cl)cc2C)s1. The minimum absolute atomic E-state index is 0.557. The Kier molecular flexibility index (Phi) is 4.74. The minimum Gasteiger partial charge on any atom is -0.429 e. The Balaban J connectivity index is 2.15. The molecule has 0 aliphatic rings. The summed E-state index contributed by atoms with van der Waals surface area (Å²) in [4.78, 5) is 0. The fourth-order valence-corrected chi connectivity index (χ4v) is 2.72. The molecule has 0 radical (unpaired) electrons. The first kappa shape index (κ1) is 14.2. The molecule has 0 bridgehead atoms. The Morgan fingerprint density at radius 3 is 2.58 bits per heavy atom. The highest BCUT2D eigenvalue weighted by atomic mass is 35.5. The van der Waals surface area contributed by atoms with Gasteiger partial charge in [0.25, 0.3) is 5.19 Å². The first-order chi connectivity index (χ1) is 9.10. The van der Waals surface area contributed by atoms with Gasteiger partial charge in [0.05, 0.1) is 0 Å². The molecule has 0 aliphatic carbocycles. The Hall–Kier alpha value is -1.17. The lowest BCUT2D eigenvalue weighted by molar-refractivity contribution is 0.466. The third kappa shape index (κ3) is 3.65. The van der Waals surface area contributed by atoms with Gasteiger partial charge < -0.3 is 10.1 Å². The molecule has 1 heterocycles. The Bertz CT molecular complexity index is 548. The lowest BCUT2D eigenvalue weighted by Crippen LogP contribution is -2.11. The van der Waals surface area contributed by atoms with Crippen LogP contribution in [0, 0.1) is 13.8 Å². The normalized spacial score (nSPS) is 10.7. The van der Waals surface area contributed by atoms with Crippen molar-refractivity contribution in [1.82, 2.24) is 15.5 Å².